The number of nitrogens with one attached hydrogen (secondary N) is 1. The van der Waals surface area contributed by atoms with E-state index in [1.807, 2.05) is 6.07 Å². The van der Waals surface area contributed by atoms with E-state index in [4.69, 9.17) is 9.47 Å². The van der Waals surface area contributed by atoms with Crippen molar-refractivity contribution in [2.45, 2.75) is 0 Å². The molecule has 1 heterocycles. The number of amides is 1. The maximum Gasteiger partial charge on any atom is 0.255 e. The lowest BCUT2D eigenvalue weighted by atomic mass is 10.2. The number of carbonyl (C=O) groups is 1. The molecule has 0 radical (unpaired) electrons. The quantitative estimate of drug-likeness (QED) is 0.824. The molecule has 1 amide bonds. The number of ether oxygens (including phenoxy) is 2. The highest BCUT2D eigenvalue weighted by atomic mass is 79.9. The summed E-state index contributed by atoms with van der Waals surface area (Å²) in [6.45, 7) is 0.214. The van der Waals surface area contributed by atoms with Crippen LogP contribution in [-0.4, -0.2) is 12.7 Å². The smallest absolute Gasteiger partial charge is 0.255 e. The van der Waals surface area contributed by atoms with Gasteiger partial charge in [0.1, 0.15) is 0 Å². The molecule has 0 bridgehead atoms. The summed E-state index contributed by atoms with van der Waals surface area (Å²) in [5.74, 6) is 1.14. The Balaban J connectivity index is 1.82. The summed E-state index contributed by atoms with van der Waals surface area (Å²) < 4.78 is 12.2. The molecular weight excluding hydrogens is 390 g/mol. The third-order valence-electron chi connectivity index (χ3n) is 2.76. The lowest BCUT2D eigenvalue weighted by Crippen LogP contribution is -2.11. The molecule has 1 aliphatic rings. The van der Waals surface area contributed by atoms with Crippen molar-refractivity contribution in [1.29, 1.82) is 0 Å². The fourth-order valence-corrected chi connectivity index (χ4v) is 3.16. The minimum Gasteiger partial charge on any atom is -0.454 e. The van der Waals surface area contributed by atoms with E-state index in [9.17, 15) is 4.79 Å². The van der Waals surface area contributed by atoms with Gasteiger partial charge in [-0.1, -0.05) is 31.9 Å². The summed E-state index contributed by atoms with van der Waals surface area (Å²) in [7, 11) is 0. The molecule has 4 nitrogen and oxygen atoms in total. The Hall–Kier alpha value is -1.53. The fourth-order valence-electron chi connectivity index (χ4n) is 1.86. The van der Waals surface area contributed by atoms with Gasteiger partial charge in [-0.2, -0.15) is 0 Å². The molecule has 0 atom stereocenters. The van der Waals surface area contributed by atoms with Crippen LogP contribution in [0.1, 0.15) is 10.4 Å². The third-order valence-corrected chi connectivity index (χ3v) is 3.67. The van der Waals surface area contributed by atoms with E-state index in [-0.39, 0.29) is 12.7 Å². The minimum atomic E-state index is -0.189. The maximum absolute atomic E-state index is 12.2. The Bertz CT molecular complexity index is 668. The molecular formula is C14H9Br2NO3. The minimum absolute atomic E-state index is 0.189. The molecule has 0 fully saturated rings. The SMILES string of the molecule is O=C(Nc1ccc2c(c1)OCO2)c1cc(Br)cc(Br)c1. The van der Waals surface area contributed by atoms with Gasteiger partial charge in [-0.25, -0.2) is 0 Å². The number of hydrogen-bond acceptors (Lipinski definition) is 3. The zero-order valence-corrected chi connectivity index (χ0v) is 13.3. The predicted octanol–water partition coefficient (Wildman–Crippen LogP) is 4.19. The molecule has 2 aromatic rings. The summed E-state index contributed by atoms with van der Waals surface area (Å²) in [5, 5.41) is 2.83. The molecule has 0 aliphatic carbocycles. The first kappa shape index (κ1) is 13.5. The van der Waals surface area contributed by atoms with Crippen LogP contribution in [0.15, 0.2) is 45.3 Å². The summed E-state index contributed by atoms with van der Waals surface area (Å²) in [6, 6.07) is 10.7. The molecule has 2 aromatic carbocycles. The second-order valence-corrected chi connectivity index (χ2v) is 6.01. The van der Waals surface area contributed by atoms with E-state index in [1.54, 1.807) is 30.3 Å². The van der Waals surface area contributed by atoms with E-state index in [0.29, 0.717) is 22.7 Å². The highest BCUT2D eigenvalue weighted by Gasteiger charge is 2.15. The predicted molar refractivity (Wildman–Crippen MR) is 82.4 cm³/mol. The first-order valence-electron chi connectivity index (χ1n) is 5.79. The average molecular weight is 399 g/mol. The van der Waals surface area contributed by atoms with E-state index < -0.39 is 0 Å². The van der Waals surface area contributed by atoms with Gasteiger partial charge >= 0.3 is 0 Å². The van der Waals surface area contributed by atoms with Crippen LogP contribution < -0.4 is 14.8 Å². The lowest BCUT2D eigenvalue weighted by molar-refractivity contribution is 0.102. The second-order valence-electron chi connectivity index (χ2n) is 4.18. The van der Waals surface area contributed by atoms with Crippen molar-refractivity contribution in [1.82, 2.24) is 0 Å². The number of halogens is 2. The van der Waals surface area contributed by atoms with Gasteiger partial charge in [-0.15, -0.1) is 0 Å². The fraction of sp³-hybridized carbons (Fsp3) is 0.0714. The Morgan fingerprint density at radius 1 is 1.00 bits per heavy atom. The van der Waals surface area contributed by atoms with Crippen molar-refractivity contribution in [3.8, 4) is 11.5 Å². The summed E-state index contributed by atoms with van der Waals surface area (Å²) in [5.41, 5.74) is 1.22. The Morgan fingerprint density at radius 2 is 1.70 bits per heavy atom. The van der Waals surface area contributed by atoms with Crippen molar-refractivity contribution in [3.05, 3.63) is 50.9 Å². The van der Waals surface area contributed by atoms with E-state index in [2.05, 4.69) is 37.2 Å². The molecule has 3 rings (SSSR count). The summed E-state index contributed by atoms with van der Waals surface area (Å²) >= 11 is 6.72. The number of anilines is 1. The molecule has 0 saturated heterocycles. The molecule has 0 spiro atoms. The van der Waals surface area contributed by atoms with E-state index in [0.717, 1.165) is 8.95 Å². The zero-order valence-electron chi connectivity index (χ0n) is 10.2. The van der Waals surface area contributed by atoms with Gasteiger partial charge in [-0.05, 0) is 30.3 Å². The monoisotopic (exact) mass is 397 g/mol. The molecule has 0 saturated carbocycles. The van der Waals surface area contributed by atoms with Crippen LogP contribution in [0.3, 0.4) is 0 Å². The van der Waals surface area contributed by atoms with Crippen LogP contribution >= 0.6 is 31.9 Å². The zero-order chi connectivity index (χ0) is 14.1. The number of rotatable bonds is 2. The molecule has 0 unspecified atom stereocenters. The second kappa shape index (κ2) is 5.46. The van der Waals surface area contributed by atoms with Crippen molar-refractivity contribution < 1.29 is 14.3 Å². The Morgan fingerprint density at radius 3 is 2.45 bits per heavy atom. The van der Waals surface area contributed by atoms with E-state index >= 15 is 0 Å². The summed E-state index contributed by atoms with van der Waals surface area (Å²) in [4.78, 5) is 12.2. The van der Waals surface area contributed by atoms with Crippen LogP contribution in [-0.2, 0) is 0 Å². The van der Waals surface area contributed by atoms with Crippen molar-refractivity contribution in [2.24, 2.45) is 0 Å². The largest absolute Gasteiger partial charge is 0.454 e. The van der Waals surface area contributed by atoms with Gasteiger partial charge in [-0.3, -0.25) is 4.79 Å². The third kappa shape index (κ3) is 2.81. The molecule has 1 aliphatic heterocycles. The van der Waals surface area contributed by atoms with Gasteiger partial charge in [0.25, 0.3) is 5.91 Å². The van der Waals surface area contributed by atoms with Crippen molar-refractivity contribution in [3.63, 3.8) is 0 Å². The van der Waals surface area contributed by atoms with Gasteiger partial charge < -0.3 is 14.8 Å². The highest BCUT2D eigenvalue weighted by Crippen LogP contribution is 2.34. The van der Waals surface area contributed by atoms with Crippen molar-refractivity contribution in [2.75, 3.05) is 12.1 Å². The Kier molecular flexibility index (Phi) is 3.67. The summed E-state index contributed by atoms with van der Waals surface area (Å²) in [6.07, 6.45) is 0. The Labute approximate surface area is 132 Å². The van der Waals surface area contributed by atoms with Gasteiger partial charge in [0.2, 0.25) is 6.79 Å². The molecule has 102 valence electrons. The molecule has 0 aromatic heterocycles. The van der Waals surface area contributed by atoms with Crippen LogP contribution in [0.4, 0.5) is 5.69 Å². The van der Waals surface area contributed by atoms with E-state index in [1.165, 1.54) is 0 Å². The van der Waals surface area contributed by atoms with Crippen LogP contribution in [0.5, 0.6) is 11.5 Å². The first-order chi connectivity index (χ1) is 9.61. The van der Waals surface area contributed by atoms with Gasteiger partial charge in [0.15, 0.2) is 11.5 Å². The van der Waals surface area contributed by atoms with Gasteiger partial charge in [0, 0.05) is 26.3 Å². The average Bonchev–Trinajstić information content (AvgIpc) is 2.85. The normalized spacial score (nSPS) is 12.3. The number of hydrogen-bond donors (Lipinski definition) is 1. The molecule has 1 N–H and O–H groups in total. The topological polar surface area (TPSA) is 47.6 Å². The number of benzene rings is 2. The first-order valence-corrected chi connectivity index (χ1v) is 7.37. The van der Waals surface area contributed by atoms with Crippen LogP contribution in [0.2, 0.25) is 0 Å². The van der Waals surface area contributed by atoms with Crippen LogP contribution in [0, 0.1) is 0 Å². The van der Waals surface area contributed by atoms with Crippen LogP contribution in [0.25, 0.3) is 0 Å². The maximum atomic E-state index is 12.2. The van der Waals surface area contributed by atoms with Crippen molar-refractivity contribution >= 4 is 43.5 Å². The lowest BCUT2D eigenvalue weighted by Gasteiger charge is -2.07. The standard InChI is InChI=1S/C14H9Br2NO3/c15-9-3-8(4-10(16)5-9)14(18)17-11-1-2-12-13(6-11)20-7-19-12/h1-6H,7H2,(H,17,18). The van der Waals surface area contributed by atoms with Gasteiger partial charge in [0.05, 0.1) is 0 Å². The number of fused-ring (bicyclic) bond motifs is 1. The number of carbonyl (C=O) groups excluding carboxylic acids is 1. The molecule has 20 heavy (non-hydrogen) atoms. The molecule has 6 heteroatoms. The highest BCUT2D eigenvalue weighted by molar-refractivity contribution is 9.11.